The smallest absolute Gasteiger partial charge is 0.348 e. The predicted octanol–water partition coefficient (Wildman–Crippen LogP) is 4.99. The lowest BCUT2D eigenvalue weighted by molar-refractivity contribution is -0.161. The Morgan fingerprint density at radius 3 is 2.17 bits per heavy atom. The van der Waals surface area contributed by atoms with Gasteiger partial charge in [0.1, 0.15) is 5.75 Å². The van der Waals surface area contributed by atoms with Crippen molar-refractivity contribution in [3.8, 4) is 5.75 Å². The molecular formula is C25H25NO4. The van der Waals surface area contributed by atoms with E-state index in [0.717, 1.165) is 11.1 Å². The Morgan fingerprint density at radius 1 is 0.867 bits per heavy atom. The first-order chi connectivity index (χ1) is 14.4. The predicted molar refractivity (Wildman–Crippen MR) is 116 cm³/mol. The summed E-state index contributed by atoms with van der Waals surface area (Å²) in [6.07, 6.45) is -1.97. The van der Waals surface area contributed by atoms with E-state index in [0.29, 0.717) is 17.0 Å². The Balaban J connectivity index is 1.78. The zero-order valence-electron chi connectivity index (χ0n) is 17.3. The van der Waals surface area contributed by atoms with Gasteiger partial charge in [-0.15, -0.1) is 0 Å². The van der Waals surface area contributed by atoms with E-state index in [1.165, 1.54) is 0 Å². The fraction of sp³-hybridized carbons (Fsp3) is 0.200. The van der Waals surface area contributed by atoms with Gasteiger partial charge in [-0.1, -0.05) is 60.7 Å². The number of ether oxygens (including phenoxy) is 2. The monoisotopic (exact) mass is 403 g/mol. The number of hydrogen-bond donors (Lipinski definition) is 1. The largest absolute Gasteiger partial charge is 0.479 e. The third-order valence-corrected chi connectivity index (χ3v) is 4.61. The molecule has 30 heavy (non-hydrogen) atoms. The topological polar surface area (TPSA) is 64.6 Å². The highest BCUT2D eigenvalue weighted by Gasteiger charge is 2.28. The summed E-state index contributed by atoms with van der Waals surface area (Å²) in [4.78, 5) is 25.7. The van der Waals surface area contributed by atoms with Crippen molar-refractivity contribution in [2.75, 3.05) is 5.32 Å². The molecule has 0 saturated heterocycles. The molecular weight excluding hydrogens is 378 g/mol. The summed E-state index contributed by atoms with van der Waals surface area (Å²) < 4.78 is 11.2. The third kappa shape index (κ3) is 5.47. The summed E-state index contributed by atoms with van der Waals surface area (Å²) >= 11 is 0. The lowest BCUT2D eigenvalue weighted by Crippen LogP contribution is -2.32. The minimum atomic E-state index is -1.10. The first-order valence-corrected chi connectivity index (χ1v) is 9.79. The molecule has 3 aromatic rings. The molecule has 3 rings (SSSR count). The molecule has 0 fully saturated rings. The van der Waals surface area contributed by atoms with Crippen LogP contribution in [0.1, 0.15) is 29.7 Å². The molecule has 0 aromatic heterocycles. The number of hydrogen-bond acceptors (Lipinski definition) is 4. The molecule has 1 amide bonds. The number of rotatable bonds is 7. The quantitative estimate of drug-likeness (QED) is 0.564. The van der Waals surface area contributed by atoms with Crippen LogP contribution in [0.15, 0.2) is 78.9 Å². The van der Waals surface area contributed by atoms with Crippen LogP contribution in [0.3, 0.4) is 0 Å². The molecule has 0 saturated carbocycles. The van der Waals surface area contributed by atoms with Gasteiger partial charge in [0.15, 0.2) is 6.10 Å². The zero-order valence-corrected chi connectivity index (χ0v) is 17.3. The molecule has 2 atom stereocenters. The maximum Gasteiger partial charge on any atom is 0.348 e. The zero-order chi connectivity index (χ0) is 21.5. The molecule has 0 bridgehead atoms. The van der Waals surface area contributed by atoms with Gasteiger partial charge in [0.2, 0.25) is 6.10 Å². The Morgan fingerprint density at radius 2 is 1.50 bits per heavy atom. The molecule has 0 aliphatic carbocycles. The van der Waals surface area contributed by atoms with E-state index in [4.69, 9.17) is 9.47 Å². The van der Waals surface area contributed by atoms with Gasteiger partial charge in [-0.05, 0) is 50.1 Å². The Bertz CT molecular complexity index is 1000. The first-order valence-electron chi connectivity index (χ1n) is 9.79. The SMILES string of the molecule is Cc1ccc(C)c(NC(=O)C(OC(=O)C(C)Oc2ccccc2)c2ccccc2)c1. The fourth-order valence-electron chi connectivity index (χ4n) is 2.93. The molecule has 2 unspecified atom stereocenters. The van der Waals surface area contributed by atoms with Crippen LogP contribution >= 0.6 is 0 Å². The Kier molecular flexibility index (Phi) is 6.86. The number of para-hydroxylation sites is 1. The summed E-state index contributed by atoms with van der Waals surface area (Å²) in [5.74, 6) is -0.489. The second-order valence-electron chi connectivity index (χ2n) is 7.11. The molecule has 0 aliphatic heterocycles. The second kappa shape index (κ2) is 9.74. The highest BCUT2D eigenvalue weighted by atomic mass is 16.6. The van der Waals surface area contributed by atoms with Crippen LogP contribution in [-0.2, 0) is 14.3 Å². The molecule has 0 heterocycles. The molecule has 1 N–H and O–H groups in total. The van der Waals surface area contributed by atoms with E-state index < -0.39 is 24.1 Å². The van der Waals surface area contributed by atoms with Crippen molar-refractivity contribution >= 4 is 17.6 Å². The number of carbonyl (C=O) groups excluding carboxylic acids is 2. The van der Waals surface area contributed by atoms with Crippen molar-refractivity contribution in [2.24, 2.45) is 0 Å². The highest BCUT2D eigenvalue weighted by Crippen LogP contribution is 2.23. The van der Waals surface area contributed by atoms with E-state index >= 15 is 0 Å². The van der Waals surface area contributed by atoms with Crippen LogP contribution in [0.4, 0.5) is 5.69 Å². The van der Waals surface area contributed by atoms with E-state index in [1.807, 2.05) is 56.3 Å². The molecule has 5 nitrogen and oxygen atoms in total. The normalized spacial score (nSPS) is 12.5. The van der Waals surface area contributed by atoms with Crippen molar-refractivity contribution in [3.63, 3.8) is 0 Å². The average Bonchev–Trinajstić information content (AvgIpc) is 2.75. The highest BCUT2D eigenvalue weighted by molar-refractivity contribution is 5.97. The Labute approximate surface area is 176 Å². The summed E-state index contributed by atoms with van der Waals surface area (Å²) in [7, 11) is 0. The standard InChI is InChI=1S/C25H25NO4/c1-17-14-15-18(2)22(16-17)26-24(27)23(20-10-6-4-7-11-20)30-25(28)19(3)29-21-12-8-5-9-13-21/h4-16,19,23H,1-3H3,(H,26,27). The molecule has 3 aromatic carbocycles. The van der Waals surface area contributed by atoms with Gasteiger partial charge in [-0.25, -0.2) is 4.79 Å². The van der Waals surface area contributed by atoms with Crippen LogP contribution in [0.2, 0.25) is 0 Å². The van der Waals surface area contributed by atoms with Crippen LogP contribution < -0.4 is 10.1 Å². The number of anilines is 1. The summed E-state index contributed by atoms with van der Waals surface area (Å²) in [6.45, 7) is 5.46. The number of aryl methyl sites for hydroxylation is 2. The van der Waals surface area contributed by atoms with E-state index in [2.05, 4.69) is 5.32 Å². The van der Waals surface area contributed by atoms with Gasteiger partial charge in [-0.2, -0.15) is 0 Å². The lowest BCUT2D eigenvalue weighted by Gasteiger charge is -2.21. The van der Waals surface area contributed by atoms with Gasteiger partial charge in [-0.3, -0.25) is 4.79 Å². The van der Waals surface area contributed by atoms with Crippen LogP contribution in [-0.4, -0.2) is 18.0 Å². The van der Waals surface area contributed by atoms with Gasteiger partial charge >= 0.3 is 5.97 Å². The summed E-state index contributed by atoms with van der Waals surface area (Å²) in [5.41, 5.74) is 3.22. The van der Waals surface area contributed by atoms with Gasteiger partial charge in [0, 0.05) is 11.3 Å². The molecule has 0 radical (unpaired) electrons. The lowest BCUT2D eigenvalue weighted by atomic mass is 10.1. The van der Waals surface area contributed by atoms with Crippen molar-refractivity contribution in [3.05, 3.63) is 95.6 Å². The number of benzene rings is 3. The van der Waals surface area contributed by atoms with Gasteiger partial charge in [0.05, 0.1) is 0 Å². The maximum absolute atomic E-state index is 13.1. The number of carbonyl (C=O) groups is 2. The molecule has 0 aliphatic rings. The van der Waals surface area contributed by atoms with E-state index in [1.54, 1.807) is 43.3 Å². The summed E-state index contributed by atoms with van der Waals surface area (Å²) in [6, 6.07) is 23.7. The number of esters is 1. The molecule has 0 spiro atoms. The second-order valence-corrected chi connectivity index (χ2v) is 7.11. The van der Waals surface area contributed by atoms with Gasteiger partial charge < -0.3 is 14.8 Å². The van der Waals surface area contributed by atoms with E-state index in [9.17, 15) is 9.59 Å². The summed E-state index contributed by atoms with van der Waals surface area (Å²) in [5, 5.41) is 2.89. The van der Waals surface area contributed by atoms with Crippen molar-refractivity contribution in [1.82, 2.24) is 0 Å². The minimum absolute atomic E-state index is 0.421. The molecule has 154 valence electrons. The maximum atomic E-state index is 13.1. The van der Waals surface area contributed by atoms with Crippen molar-refractivity contribution < 1.29 is 19.1 Å². The fourth-order valence-corrected chi connectivity index (χ4v) is 2.93. The first kappa shape index (κ1) is 21.1. The van der Waals surface area contributed by atoms with Crippen molar-refractivity contribution in [2.45, 2.75) is 33.0 Å². The van der Waals surface area contributed by atoms with Crippen LogP contribution in [0.25, 0.3) is 0 Å². The van der Waals surface area contributed by atoms with Crippen LogP contribution in [0, 0.1) is 13.8 Å². The third-order valence-electron chi connectivity index (χ3n) is 4.61. The van der Waals surface area contributed by atoms with Gasteiger partial charge in [0.25, 0.3) is 5.91 Å². The Hall–Kier alpha value is -3.60. The number of amides is 1. The molecule has 5 heteroatoms. The average molecular weight is 403 g/mol. The van der Waals surface area contributed by atoms with Crippen molar-refractivity contribution in [1.29, 1.82) is 0 Å². The number of nitrogens with one attached hydrogen (secondary N) is 1. The van der Waals surface area contributed by atoms with Crippen LogP contribution in [0.5, 0.6) is 5.75 Å². The minimum Gasteiger partial charge on any atom is -0.479 e. The van der Waals surface area contributed by atoms with E-state index in [-0.39, 0.29) is 0 Å².